The van der Waals surface area contributed by atoms with Crippen LogP contribution in [0.2, 0.25) is 0 Å². The van der Waals surface area contributed by atoms with Gasteiger partial charge in [-0.1, -0.05) is 18.2 Å². The maximum Gasteiger partial charge on any atom is 0.266 e. The van der Waals surface area contributed by atoms with Crippen LogP contribution in [0.3, 0.4) is 0 Å². The van der Waals surface area contributed by atoms with E-state index in [1.807, 2.05) is 60.7 Å². The highest BCUT2D eigenvalue weighted by atomic mass is 32.1. The zero-order chi connectivity index (χ0) is 24.4. The molecular weight excluding hydrogens is 511 g/mol. The third-order valence-corrected chi connectivity index (χ3v) is 11.3. The fraction of sp³-hybridized carbons (Fsp3) is 0.143. The summed E-state index contributed by atoms with van der Waals surface area (Å²) in [7, 11) is 0. The molecule has 0 fully saturated rings. The van der Waals surface area contributed by atoms with Crippen LogP contribution in [-0.2, 0) is 0 Å². The van der Waals surface area contributed by atoms with Gasteiger partial charge in [0.15, 0.2) is 0 Å². The lowest BCUT2D eigenvalue weighted by molar-refractivity contribution is 0.976. The van der Waals surface area contributed by atoms with Gasteiger partial charge in [0.2, 0.25) is 0 Å². The molecule has 6 aromatic rings. The molecule has 174 valence electrons. The maximum absolute atomic E-state index is 13.8. The number of rotatable bonds is 3. The van der Waals surface area contributed by atoms with E-state index in [-0.39, 0.29) is 11.1 Å². The highest BCUT2D eigenvalue weighted by molar-refractivity contribution is 7.31. The number of fused-ring (bicyclic) bond motifs is 3. The van der Waals surface area contributed by atoms with Crippen molar-refractivity contribution in [1.82, 2.24) is 4.57 Å². The van der Waals surface area contributed by atoms with Crippen molar-refractivity contribution in [1.29, 1.82) is 0 Å². The van der Waals surface area contributed by atoms with Crippen molar-refractivity contribution in [2.45, 2.75) is 27.7 Å². The molecule has 0 N–H and O–H groups in total. The number of benzene rings is 1. The van der Waals surface area contributed by atoms with E-state index in [2.05, 4.69) is 32.9 Å². The van der Waals surface area contributed by atoms with E-state index in [1.54, 1.807) is 34.0 Å². The van der Waals surface area contributed by atoms with Gasteiger partial charge in [-0.3, -0.25) is 9.59 Å². The van der Waals surface area contributed by atoms with Crippen LogP contribution in [0.4, 0.5) is 0 Å². The summed E-state index contributed by atoms with van der Waals surface area (Å²) >= 11 is 6.80. The number of hydrogen-bond donors (Lipinski definition) is 0. The number of hydrogen-bond acceptors (Lipinski definition) is 6. The number of aryl methyl sites for hydroxylation is 4. The van der Waals surface area contributed by atoms with E-state index in [4.69, 9.17) is 0 Å². The first kappa shape index (κ1) is 22.6. The minimum atomic E-state index is -0.265. The molecule has 0 amide bonds. The first-order valence-electron chi connectivity index (χ1n) is 11.2. The number of para-hydroxylation sites is 1. The van der Waals surface area contributed by atoms with Crippen molar-refractivity contribution in [2.75, 3.05) is 0 Å². The first-order chi connectivity index (χ1) is 16.8. The third kappa shape index (κ3) is 3.65. The normalized spacial score (nSPS) is 11.7. The van der Waals surface area contributed by atoms with Crippen LogP contribution in [0.25, 0.3) is 45.4 Å². The Morgan fingerprint density at radius 1 is 0.629 bits per heavy atom. The van der Waals surface area contributed by atoms with Gasteiger partial charge in [-0.2, -0.15) is 0 Å². The summed E-state index contributed by atoms with van der Waals surface area (Å²) in [4.78, 5) is 34.6. The lowest BCUT2D eigenvalue weighted by Gasteiger charge is -2.01. The zero-order valence-electron chi connectivity index (χ0n) is 19.6. The Kier molecular flexibility index (Phi) is 5.41. The van der Waals surface area contributed by atoms with Crippen LogP contribution >= 0.6 is 45.3 Å². The number of aromatic nitrogens is 1. The van der Waals surface area contributed by atoms with Crippen molar-refractivity contribution in [3.05, 3.63) is 96.2 Å². The summed E-state index contributed by atoms with van der Waals surface area (Å²) in [6, 6.07) is 17.6. The molecule has 0 atom stereocenters. The van der Waals surface area contributed by atoms with Crippen molar-refractivity contribution in [2.24, 2.45) is 0 Å². The Morgan fingerprint density at radius 2 is 1.26 bits per heavy atom. The Bertz CT molecular complexity index is 1860. The van der Waals surface area contributed by atoms with Gasteiger partial charge in [-0.05, 0) is 75.2 Å². The van der Waals surface area contributed by atoms with Gasteiger partial charge in [0.05, 0.1) is 25.9 Å². The fourth-order valence-corrected chi connectivity index (χ4v) is 9.12. The smallest absolute Gasteiger partial charge is 0.266 e. The second-order valence-corrected chi connectivity index (χ2v) is 13.3. The SMILES string of the molecule is Cc1cc2c(=O)n(-c3ccccc3)c(=O)c3cc(-c4sc(-c5cc(C)c(C)s5)cc4C)sc3c2s1. The standard InChI is InChI=1S/C28H21NO2S4/c1-14-10-21(33-17(14)4)22-11-15(2)24(34-22)23-13-20-26(35-23)25-19(12-16(3)32-25)27(30)29(28(20)31)18-8-6-5-7-9-18/h5-13H,1-4H3. The highest BCUT2D eigenvalue weighted by Gasteiger charge is 2.20. The molecule has 6 rings (SSSR count). The third-order valence-electron chi connectivity index (χ3n) is 6.23. The molecule has 0 bridgehead atoms. The molecule has 0 aliphatic rings. The van der Waals surface area contributed by atoms with Gasteiger partial charge in [0.25, 0.3) is 11.1 Å². The second kappa shape index (κ2) is 8.38. The largest absolute Gasteiger partial charge is 0.268 e. The molecule has 0 radical (unpaired) electrons. The summed E-state index contributed by atoms with van der Waals surface area (Å²) in [5.74, 6) is 0. The van der Waals surface area contributed by atoms with Crippen LogP contribution in [-0.4, -0.2) is 4.57 Å². The summed E-state index contributed by atoms with van der Waals surface area (Å²) in [5, 5.41) is 1.20. The molecule has 0 aliphatic heterocycles. The number of thiophene rings is 4. The van der Waals surface area contributed by atoms with Crippen LogP contribution < -0.4 is 11.1 Å². The van der Waals surface area contributed by atoms with Crippen molar-refractivity contribution >= 4 is 65.5 Å². The minimum Gasteiger partial charge on any atom is -0.268 e. The van der Waals surface area contributed by atoms with Crippen LogP contribution in [0.1, 0.15) is 20.9 Å². The Balaban J connectivity index is 1.65. The van der Waals surface area contributed by atoms with Crippen LogP contribution in [0.5, 0.6) is 0 Å². The average molecular weight is 532 g/mol. The summed E-state index contributed by atoms with van der Waals surface area (Å²) in [6.07, 6.45) is 0. The second-order valence-electron chi connectivity index (χ2n) is 8.71. The van der Waals surface area contributed by atoms with E-state index >= 15 is 0 Å². The lowest BCUT2D eigenvalue weighted by Crippen LogP contribution is -2.28. The van der Waals surface area contributed by atoms with Crippen molar-refractivity contribution in [3.8, 4) is 25.2 Å². The van der Waals surface area contributed by atoms with Gasteiger partial charge >= 0.3 is 0 Å². The van der Waals surface area contributed by atoms with Gasteiger partial charge in [-0.25, -0.2) is 4.57 Å². The fourth-order valence-electron chi connectivity index (χ4n) is 4.36. The highest BCUT2D eigenvalue weighted by Crippen LogP contribution is 2.45. The zero-order valence-corrected chi connectivity index (χ0v) is 22.9. The van der Waals surface area contributed by atoms with Crippen molar-refractivity contribution in [3.63, 3.8) is 0 Å². The Morgan fingerprint density at radius 3 is 1.94 bits per heavy atom. The Labute approximate surface area is 218 Å². The summed E-state index contributed by atoms with van der Waals surface area (Å²) in [5.41, 5.74) is 2.59. The van der Waals surface area contributed by atoms with E-state index in [0.717, 1.165) is 19.2 Å². The van der Waals surface area contributed by atoms with E-state index < -0.39 is 0 Å². The molecule has 0 saturated heterocycles. The van der Waals surface area contributed by atoms with Crippen LogP contribution in [0, 0.1) is 27.7 Å². The van der Waals surface area contributed by atoms with Crippen LogP contribution in [0.15, 0.2) is 64.2 Å². The Hall–Kier alpha value is -2.84. The lowest BCUT2D eigenvalue weighted by atomic mass is 10.2. The molecular formula is C28H21NO2S4. The molecule has 5 aromatic heterocycles. The molecule has 0 aliphatic carbocycles. The molecule has 3 nitrogen and oxygen atoms in total. The quantitative estimate of drug-likeness (QED) is 0.230. The van der Waals surface area contributed by atoms with Gasteiger partial charge in [-0.15, -0.1) is 45.3 Å². The van der Waals surface area contributed by atoms with Gasteiger partial charge in [0, 0.05) is 29.3 Å². The molecule has 5 heterocycles. The molecule has 0 spiro atoms. The topological polar surface area (TPSA) is 39.1 Å². The number of nitrogens with zero attached hydrogens (tertiary/aromatic N) is 1. The van der Waals surface area contributed by atoms with E-state index in [0.29, 0.717) is 16.5 Å². The predicted molar refractivity (Wildman–Crippen MR) is 155 cm³/mol. The molecule has 35 heavy (non-hydrogen) atoms. The average Bonchev–Trinajstić information content (AvgIpc) is 3.59. The van der Waals surface area contributed by atoms with Crippen molar-refractivity contribution < 1.29 is 0 Å². The van der Waals surface area contributed by atoms with E-state index in [9.17, 15) is 9.59 Å². The molecule has 0 unspecified atom stereocenters. The first-order valence-corrected chi connectivity index (χ1v) is 14.4. The van der Waals surface area contributed by atoms with Gasteiger partial charge in [0.1, 0.15) is 0 Å². The maximum atomic E-state index is 13.8. The summed E-state index contributed by atoms with van der Waals surface area (Å²) < 4.78 is 3.11. The molecule has 0 saturated carbocycles. The van der Waals surface area contributed by atoms with Gasteiger partial charge < -0.3 is 0 Å². The monoisotopic (exact) mass is 531 g/mol. The minimum absolute atomic E-state index is 0.261. The summed E-state index contributed by atoms with van der Waals surface area (Å²) in [6.45, 7) is 8.46. The molecule has 7 heteroatoms. The predicted octanol–water partition coefficient (Wildman–Crippen LogP) is 8.32. The molecule has 1 aromatic carbocycles. The van der Waals surface area contributed by atoms with E-state index in [1.165, 1.54) is 35.2 Å².